The standard InChI is InChI=1S/C31H37N3O2S2/c1-4-6-7-8-9-13-18-33-30(35)28(38-31(33)37)21-25-22-34(26-14-11-10-12-15-26)32-29(25)24-16-17-27(23(3)20-24)36-19-5-2/h10-12,14-17,20-22H,4-9,13,18-19H2,1-3H3. The lowest BCUT2D eigenvalue weighted by molar-refractivity contribution is -0.122. The third-order valence-electron chi connectivity index (χ3n) is 6.57. The van der Waals surface area contributed by atoms with E-state index in [1.54, 1.807) is 4.90 Å². The molecule has 38 heavy (non-hydrogen) atoms. The van der Waals surface area contributed by atoms with Gasteiger partial charge in [0.1, 0.15) is 15.8 Å². The molecule has 0 N–H and O–H groups in total. The first-order chi connectivity index (χ1) is 18.5. The number of benzene rings is 2. The fraction of sp³-hybridized carbons (Fsp3) is 0.387. The van der Waals surface area contributed by atoms with E-state index in [0.29, 0.717) is 22.4 Å². The van der Waals surface area contributed by atoms with E-state index < -0.39 is 0 Å². The average Bonchev–Trinajstić information content (AvgIpc) is 3.46. The number of carbonyl (C=O) groups excluding carboxylic acids is 1. The monoisotopic (exact) mass is 547 g/mol. The number of ether oxygens (including phenoxy) is 1. The number of para-hydroxylation sites is 1. The van der Waals surface area contributed by atoms with Gasteiger partial charge >= 0.3 is 0 Å². The van der Waals surface area contributed by atoms with Gasteiger partial charge in [-0.3, -0.25) is 9.69 Å². The average molecular weight is 548 g/mol. The number of aromatic nitrogens is 2. The van der Waals surface area contributed by atoms with Crippen molar-refractivity contribution in [3.8, 4) is 22.7 Å². The lowest BCUT2D eigenvalue weighted by atomic mass is 10.0. The summed E-state index contributed by atoms with van der Waals surface area (Å²) < 4.78 is 8.39. The summed E-state index contributed by atoms with van der Waals surface area (Å²) in [7, 11) is 0. The largest absolute Gasteiger partial charge is 0.493 e. The van der Waals surface area contributed by atoms with E-state index in [1.165, 1.54) is 37.4 Å². The van der Waals surface area contributed by atoms with Crippen molar-refractivity contribution >= 4 is 40.3 Å². The molecule has 1 aliphatic rings. The van der Waals surface area contributed by atoms with Crippen molar-refractivity contribution in [2.75, 3.05) is 13.2 Å². The first kappa shape index (κ1) is 28.1. The molecule has 0 atom stereocenters. The number of thioether (sulfide) groups is 1. The number of carbonyl (C=O) groups is 1. The predicted octanol–water partition coefficient (Wildman–Crippen LogP) is 8.20. The van der Waals surface area contributed by atoms with Crippen LogP contribution in [0.15, 0.2) is 59.6 Å². The van der Waals surface area contributed by atoms with Gasteiger partial charge in [-0.05, 0) is 61.7 Å². The molecule has 7 heteroatoms. The second-order valence-electron chi connectivity index (χ2n) is 9.64. The van der Waals surface area contributed by atoms with Crippen LogP contribution in [0.25, 0.3) is 23.0 Å². The molecule has 1 amide bonds. The molecule has 4 rings (SSSR count). The zero-order chi connectivity index (χ0) is 26.9. The summed E-state index contributed by atoms with van der Waals surface area (Å²) in [6.07, 6.45) is 12.0. The van der Waals surface area contributed by atoms with Gasteiger partial charge in [-0.15, -0.1) is 0 Å². The normalized spacial score (nSPS) is 14.6. The third kappa shape index (κ3) is 6.94. The molecular formula is C31H37N3O2S2. The van der Waals surface area contributed by atoms with Gasteiger partial charge in [-0.25, -0.2) is 4.68 Å². The minimum absolute atomic E-state index is 0.00790. The highest BCUT2D eigenvalue weighted by Gasteiger charge is 2.32. The Morgan fingerprint density at radius 1 is 1.00 bits per heavy atom. The van der Waals surface area contributed by atoms with Gasteiger partial charge in [0, 0.05) is 23.9 Å². The van der Waals surface area contributed by atoms with Crippen LogP contribution in [0.3, 0.4) is 0 Å². The molecule has 200 valence electrons. The SMILES string of the molecule is CCCCCCCCN1C(=O)C(=Cc2cn(-c3ccccc3)nc2-c2ccc(OCCC)c(C)c2)SC1=S. The number of hydrogen-bond acceptors (Lipinski definition) is 5. The Kier molecular flexibility index (Phi) is 10.2. The van der Waals surface area contributed by atoms with E-state index in [2.05, 4.69) is 26.8 Å². The highest BCUT2D eigenvalue weighted by atomic mass is 32.2. The highest BCUT2D eigenvalue weighted by Crippen LogP contribution is 2.36. The Hall–Kier alpha value is -2.90. The Bertz CT molecular complexity index is 1280. The van der Waals surface area contributed by atoms with E-state index in [0.717, 1.165) is 53.1 Å². The number of unbranched alkanes of at least 4 members (excludes halogenated alkanes) is 5. The number of thiocarbonyl (C=S) groups is 1. The maximum atomic E-state index is 13.3. The van der Waals surface area contributed by atoms with Crippen molar-refractivity contribution in [2.24, 2.45) is 0 Å². The maximum absolute atomic E-state index is 13.3. The molecule has 3 aromatic rings. The fourth-order valence-electron chi connectivity index (χ4n) is 4.49. The van der Waals surface area contributed by atoms with E-state index in [-0.39, 0.29) is 5.91 Å². The summed E-state index contributed by atoms with van der Waals surface area (Å²) >= 11 is 6.98. The lowest BCUT2D eigenvalue weighted by Crippen LogP contribution is -2.29. The molecular weight excluding hydrogens is 510 g/mol. The van der Waals surface area contributed by atoms with Gasteiger partial charge in [-0.1, -0.05) is 88.1 Å². The van der Waals surface area contributed by atoms with E-state index in [1.807, 2.05) is 59.4 Å². The van der Waals surface area contributed by atoms with Gasteiger partial charge in [0.25, 0.3) is 5.91 Å². The summed E-state index contributed by atoms with van der Waals surface area (Å²) in [5, 5.41) is 4.94. The summed E-state index contributed by atoms with van der Waals surface area (Å²) in [6.45, 7) is 7.75. The Morgan fingerprint density at radius 2 is 1.76 bits per heavy atom. The molecule has 1 aliphatic heterocycles. The number of hydrogen-bond donors (Lipinski definition) is 0. The van der Waals surface area contributed by atoms with Crippen molar-refractivity contribution < 1.29 is 9.53 Å². The fourth-order valence-corrected chi connectivity index (χ4v) is 5.78. The van der Waals surface area contributed by atoms with Gasteiger partial charge in [0.05, 0.1) is 17.2 Å². The topological polar surface area (TPSA) is 47.4 Å². The number of amides is 1. The molecule has 0 bridgehead atoms. The maximum Gasteiger partial charge on any atom is 0.266 e. The van der Waals surface area contributed by atoms with Crippen LogP contribution in [0.4, 0.5) is 0 Å². The van der Waals surface area contributed by atoms with Crippen LogP contribution >= 0.6 is 24.0 Å². The van der Waals surface area contributed by atoms with Crippen molar-refractivity contribution in [1.29, 1.82) is 0 Å². The summed E-state index contributed by atoms with van der Waals surface area (Å²) in [4.78, 5) is 15.7. The molecule has 5 nitrogen and oxygen atoms in total. The summed E-state index contributed by atoms with van der Waals surface area (Å²) in [6, 6.07) is 16.2. The smallest absolute Gasteiger partial charge is 0.266 e. The Labute approximate surface area is 236 Å². The van der Waals surface area contributed by atoms with Gasteiger partial charge < -0.3 is 4.74 Å². The van der Waals surface area contributed by atoms with Crippen molar-refractivity contribution in [2.45, 2.75) is 65.7 Å². The van der Waals surface area contributed by atoms with E-state index >= 15 is 0 Å². The van der Waals surface area contributed by atoms with Crippen LogP contribution in [0, 0.1) is 6.92 Å². The zero-order valence-corrected chi connectivity index (χ0v) is 24.2. The molecule has 0 saturated carbocycles. The number of aryl methyl sites for hydroxylation is 1. The lowest BCUT2D eigenvalue weighted by Gasteiger charge is -2.14. The first-order valence-corrected chi connectivity index (χ1v) is 14.9. The van der Waals surface area contributed by atoms with Crippen LogP contribution in [-0.2, 0) is 4.79 Å². The first-order valence-electron chi connectivity index (χ1n) is 13.7. The van der Waals surface area contributed by atoms with Crippen LogP contribution in [-0.4, -0.2) is 38.1 Å². The Balaban J connectivity index is 1.60. The molecule has 0 aliphatic carbocycles. The molecule has 2 heterocycles. The second kappa shape index (κ2) is 13.8. The minimum atomic E-state index is -0.00790. The Morgan fingerprint density at radius 3 is 2.50 bits per heavy atom. The molecule has 0 radical (unpaired) electrons. The van der Waals surface area contributed by atoms with Gasteiger partial charge in [0.2, 0.25) is 0 Å². The van der Waals surface area contributed by atoms with Gasteiger partial charge in [-0.2, -0.15) is 5.10 Å². The zero-order valence-electron chi connectivity index (χ0n) is 22.6. The van der Waals surface area contributed by atoms with E-state index in [4.69, 9.17) is 22.1 Å². The van der Waals surface area contributed by atoms with Crippen LogP contribution in [0.2, 0.25) is 0 Å². The van der Waals surface area contributed by atoms with E-state index in [9.17, 15) is 4.79 Å². The number of rotatable bonds is 13. The molecule has 1 fully saturated rings. The highest BCUT2D eigenvalue weighted by molar-refractivity contribution is 8.26. The summed E-state index contributed by atoms with van der Waals surface area (Å²) in [5.41, 5.74) is 4.70. The predicted molar refractivity (Wildman–Crippen MR) is 163 cm³/mol. The molecule has 0 unspecified atom stereocenters. The molecule has 1 saturated heterocycles. The minimum Gasteiger partial charge on any atom is -0.493 e. The van der Waals surface area contributed by atoms with Crippen molar-refractivity contribution in [3.05, 3.63) is 70.8 Å². The summed E-state index contributed by atoms with van der Waals surface area (Å²) in [5.74, 6) is 0.877. The second-order valence-corrected chi connectivity index (χ2v) is 11.3. The molecule has 0 spiro atoms. The van der Waals surface area contributed by atoms with Crippen LogP contribution in [0.5, 0.6) is 5.75 Å². The quantitative estimate of drug-likeness (QED) is 0.123. The van der Waals surface area contributed by atoms with Crippen LogP contribution in [0.1, 0.15) is 69.9 Å². The van der Waals surface area contributed by atoms with Gasteiger partial charge in [0.15, 0.2) is 0 Å². The third-order valence-corrected chi connectivity index (χ3v) is 7.95. The van der Waals surface area contributed by atoms with Crippen molar-refractivity contribution in [3.63, 3.8) is 0 Å². The molecule has 1 aromatic heterocycles. The number of nitrogens with zero attached hydrogens (tertiary/aromatic N) is 3. The van der Waals surface area contributed by atoms with Crippen molar-refractivity contribution in [1.82, 2.24) is 14.7 Å². The molecule has 2 aromatic carbocycles. The van der Waals surface area contributed by atoms with Crippen LogP contribution < -0.4 is 4.74 Å².